The Morgan fingerprint density at radius 3 is 1.91 bits per heavy atom. The third-order valence-electron chi connectivity index (χ3n) is 5.43. The van der Waals surface area contributed by atoms with Gasteiger partial charge in [-0.1, -0.05) is 87.1 Å². The van der Waals surface area contributed by atoms with Gasteiger partial charge in [-0.25, -0.2) is 4.57 Å². The second-order valence-corrected chi connectivity index (χ2v) is 11.9. The summed E-state index contributed by atoms with van der Waals surface area (Å²) < 4.78 is 32.9. The summed E-state index contributed by atoms with van der Waals surface area (Å²) >= 11 is 8.89. The lowest BCUT2D eigenvalue weighted by Gasteiger charge is -2.17. The van der Waals surface area contributed by atoms with E-state index in [4.69, 9.17) is 29.8 Å². The lowest BCUT2D eigenvalue weighted by atomic mass is 10.0. The number of ether oxygens (including phenoxy) is 2. The zero-order chi connectivity index (χ0) is 24.6. The Balaban J connectivity index is 3.44. The van der Waals surface area contributed by atoms with Crippen LogP contribution in [-0.2, 0) is 27.9 Å². The standard InChI is InChI=1S/C24H47BrClO6P/c1-3-4-5-13-16-23(27)17-14-11-9-7-6-8-10-12-15-19-30-21-24(29-2)22-32-33(26,28)31-20-18-25/h24H,3-22H2,1-2H3. The van der Waals surface area contributed by atoms with Gasteiger partial charge in [0.15, 0.2) is 0 Å². The molecule has 0 aliphatic heterocycles. The van der Waals surface area contributed by atoms with Gasteiger partial charge in [0.05, 0.1) is 19.8 Å². The minimum absolute atomic E-state index is 0.0622. The van der Waals surface area contributed by atoms with Gasteiger partial charge < -0.3 is 9.47 Å². The second-order valence-electron chi connectivity index (χ2n) is 8.46. The van der Waals surface area contributed by atoms with E-state index in [1.54, 1.807) is 7.11 Å². The van der Waals surface area contributed by atoms with Crippen LogP contribution in [0.3, 0.4) is 0 Å². The first kappa shape index (κ1) is 33.5. The highest BCUT2D eigenvalue weighted by molar-refractivity contribution is 9.09. The van der Waals surface area contributed by atoms with E-state index in [0.717, 1.165) is 38.5 Å². The molecule has 0 saturated heterocycles. The number of unbranched alkanes of at least 4 members (excludes halogenated alkanes) is 11. The molecule has 2 atom stereocenters. The van der Waals surface area contributed by atoms with Crippen molar-refractivity contribution in [3.63, 3.8) is 0 Å². The van der Waals surface area contributed by atoms with Crippen molar-refractivity contribution < 1.29 is 27.9 Å². The van der Waals surface area contributed by atoms with Crippen LogP contribution in [0.2, 0.25) is 0 Å². The summed E-state index contributed by atoms with van der Waals surface area (Å²) in [4.78, 5) is 11.8. The van der Waals surface area contributed by atoms with E-state index in [1.165, 1.54) is 57.8 Å². The molecule has 0 N–H and O–H groups in total. The molecule has 6 nitrogen and oxygen atoms in total. The van der Waals surface area contributed by atoms with E-state index >= 15 is 0 Å². The first-order valence-corrected chi connectivity index (χ1v) is 16.3. The van der Waals surface area contributed by atoms with Crippen LogP contribution in [0, 0.1) is 0 Å². The zero-order valence-corrected chi connectivity index (χ0v) is 24.1. The molecule has 0 aliphatic carbocycles. The molecule has 0 amide bonds. The smallest absolute Gasteiger partial charge is 0.379 e. The van der Waals surface area contributed by atoms with E-state index in [1.807, 2.05) is 0 Å². The van der Waals surface area contributed by atoms with Crippen molar-refractivity contribution in [1.29, 1.82) is 0 Å². The summed E-state index contributed by atoms with van der Waals surface area (Å²) in [6, 6.07) is 0. The van der Waals surface area contributed by atoms with Crippen LogP contribution in [0.4, 0.5) is 0 Å². The van der Waals surface area contributed by atoms with Gasteiger partial charge in [-0.3, -0.25) is 13.8 Å². The Morgan fingerprint density at radius 1 is 0.818 bits per heavy atom. The van der Waals surface area contributed by atoms with Crippen LogP contribution in [0.5, 0.6) is 0 Å². The summed E-state index contributed by atoms with van der Waals surface area (Å²) in [7, 11) is 1.56. The minimum Gasteiger partial charge on any atom is -0.379 e. The number of hydrogen-bond acceptors (Lipinski definition) is 6. The number of rotatable bonds is 26. The zero-order valence-electron chi connectivity index (χ0n) is 20.9. The van der Waals surface area contributed by atoms with Gasteiger partial charge in [0.25, 0.3) is 0 Å². The van der Waals surface area contributed by atoms with Gasteiger partial charge in [-0.15, -0.1) is 0 Å². The third-order valence-corrected chi connectivity index (χ3v) is 7.29. The Kier molecular flexibility index (Phi) is 24.6. The van der Waals surface area contributed by atoms with Crippen LogP contribution in [0.15, 0.2) is 0 Å². The highest BCUT2D eigenvalue weighted by Crippen LogP contribution is 2.53. The lowest BCUT2D eigenvalue weighted by Crippen LogP contribution is -2.24. The molecule has 0 fully saturated rings. The Hall–Kier alpha value is 0.510. The molecule has 0 aromatic carbocycles. The maximum absolute atomic E-state index is 11.8. The van der Waals surface area contributed by atoms with Gasteiger partial charge in [-0.05, 0) is 19.3 Å². The number of carbonyl (C=O) groups excluding carboxylic acids is 1. The first-order valence-electron chi connectivity index (χ1n) is 12.7. The molecule has 0 aromatic rings. The fourth-order valence-electron chi connectivity index (χ4n) is 3.39. The molecule has 2 unspecified atom stereocenters. The van der Waals surface area contributed by atoms with Gasteiger partial charge >= 0.3 is 6.95 Å². The summed E-state index contributed by atoms with van der Waals surface area (Å²) in [5, 5.41) is 0.533. The van der Waals surface area contributed by atoms with Gasteiger partial charge in [-0.2, -0.15) is 0 Å². The number of methoxy groups -OCH3 is 1. The molecule has 0 heterocycles. The number of Topliss-reactive ketones (excluding diaryl/α,β-unsaturated/α-hetero) is 1. The van der Waals surface area contributed by atoms with Crippen molar-refractivity contribution in [2.24, 2.45) is 0 Å². The van der Waals surface area contributed by atoms with Gasteiger partial charge in [0.1, 0.15) is 11.9 Å². The lowest BCUT2D eigenvalue weighted by molar-refractivity contribution is -0.119. The minimum atomic E-state index is -3.57. The normalized spacial score (nSPS) is 14.3. The SMILES string of the molecule is CCCCCCC(=O)CCCCCCCCCCCOCC(COP(=O)(Cl)OCCBr)OC. The molecule has 0 saturated carbocycles. The topological polar surface area (TPSA) is 71.1 Å². The Bertz CT molecular complexity index is 498. The molecule has 0 rings (SSSR count). The van der Waals surface area contributed by atoms with Crippen molar-refractivity contribution in [2.75, 3.05) is 38.9 Å². The van der Waals surface area contributed by atoms with Crippen molar-refractivity contribution in [2.45, 2.75) is 109 Å². The molecular weight excluding hydrogens is 531 g/mol. The van der Waals surface area contributed by atoms with E-state index < -0.39 is 6.95 Å². The van der Waals surface area contributed by atoms with Crippen LogP contribution in [0.1, 0.15) is 103 Å². The highest BCUT2D eigenvalue weighted by atomic mass is 79.9. The number of hydrogen-bond donors (Lipinski definition) is 0. The monoisotopic (exact) mass is 576 g/mol. The summed E-state index contributed by atoms with van der Waals surface area (Å²) in [6.45, 7) is -0.0498. The molecule has 0 bridgehead atoms. The average molecular weight is 578 g/mol. The number of ketones is 1. The fourth-order valence-corrected chi connectivity index (χ4v) is 4.91. The largest absolute Gasteiger partial charge is 0.424 e. The maximum Gasteiger partial charge on any atom is 0.424 e. The molecule has 0 aliphatic rings. The van der Waals surface area contributed by atoms with E-state index in [9.17, 15) is 9.36 Å². The molecule has 0 spiro atoms. The van der Waals surface area contributed by atoms with E-state index in [-0.39, 0.29) is 19.3 Å². The molecule has 198 valence electrons. The summed E-state index contributed by atoms with van der Waals surface area (Å²) in [5.41, 5.74) is 0. The Labute approximate surface area is 215 Å². The van der Waals surface area contributed by atoms with Crippen molar-refractivity contribution in [3.8, 4) is 0 Å². The van der Waals surface area contributed by atoms with E-state index in [2.05, 4.69) is 22.9 Å². The third kappa shape index (κ3) is 24.0. The van der Waals surface area contributed by atoms with Crippen LogP contribution in [-0.4, -0.2) is 50.8 Å². The Morgan fingerprint density at radius 2 is 1.36 bits per heavy atom. The molecule has 0 aromatic heterocycles. The predicted molar refractivity (Wildman–Crippen MR) is 141 cm³/mol. The number of alkyl halides is 1. The average Bonchev–Trinajstić information content (AvgIpc) is 2.80. The predicted octanol–water partition coefficient (Wildman–Crippen LogP) is 8.23. The maximum atomic E-state index is 11.8. The quantitative estimate of drug-likeness (QED) is 0.0586. The van der Waals surface area contributed by atoms with Crippen LogP contribution < -0.4 is 0 Å². The van der Waals surface area contributed by atoms with Gasteiger partial charge in [0.2, 0.25) is 0 Å². The molecule has 33 heavy (non-hydrogen) atoms. The molecular formula is C24H47BrClO6P. The second kappa shape index (κ2) is 24.2. The summed E-state index contributed by atoms with van der Waals surface area (Å²) in [6.07, 6.45) is 16.6. The fraction of sp³-hybridized carbons (Fsp3) is 0.958. The van der Waals surface area contributed by atoms with Crippen LogP contribution >= 0.6 is 34.1 Å². The van der Waals surface area contributed by atoms with E-state index in [0.29, 0.717) is 24.3 Å². The van der Waals surface area contributed by atoms with Crippen molar-refractivity contribution >= 4 is 39.9 Å². The number of carbonyl (C=O) groups is 1. The molecule has 0 radical (unpaired) electrons. The first-order chi connectivity index (χ1) is 15.9. The highest BCUT2D eigenvalue weighted by Gasteiger charge is 2.23. The van der Waals surface area contributed by atoms with Crippen molar-refractivity contribution in [3.05, 3.63) is 0 Å². The summed E-state index contributed by atoms with van der Waals surface area (Å²) in [5.74, 6) is 0.455. The number of halogens is 2. The molecule has 9 heteroatoms. The van der Waals surface area contributed by atoms with Crippen molar-refractivity contribution in [1.82, 2.24) is 0 Å². The van der Waals surface area contributed by atoms with Crippen LogP contribution in [0.25, 0.3) is 0 Å². The van der Waals surface area contributed by atoms with Gasteiger partial charge in [0, 0.05) is 43.1 Å².